The molecule has 6 nitrogen and oxygen atoms in total. The van der Waals surface area contributed by atoms with Crippen LogP contribution in [-0.4, -0.2) is 30.2 Å². The quantitative estimate of drug-likeness (QED) is 0.771. The van der Waals surface area contributed by atoms with E-state index in [1.54, 1.807) is 24.3 Å². The number of amides is 1. The summed E-state index contributed by atoms with van der Waals surface area (Å²) in [7, 11) is 0. The van der Waals surface area contributed by atoms with Gasteiger partial charge in [-0.25, -0.2) is 9.59 Å². The van der Waals surface area contributed by atoms with Crippen LogP contribution in [0.5, 0.6) is 0 Å². The summed E-state index contributed by atoms with van der Waals surface area (Å²) in [5, 5.41) is 8.38. The van der Waals surface area contributed by atoms with E-state index in [4.69, 9.17) is 9.84 Å². The first-order valence-corrected chi connectivity index (χ1v) is 4.59. The van der Waals surface area contributed by atoms with Crippen molar-refractivity contribution in [2.24, 2.45) is 0 Å². The minimum atomic E-state index is -1.47. The topological polar surface area (TPSA) is 76.1 Å². The van der Waals surface area contributed by atoms with Crippen LogP contribution in [-0.2, 0) is 9.47 Å². The van der Waals surface area contributed by atoms with Gasteiger partial charge in [0.25, 0.3) is 6.29 Å². The van der Waals surface area contributed by atoms with Gasteiger partial charge in [0.2, 0.25) is 0 Å². The molecule has 1 aliphatic heterocycles. The number of carboxylic acid groups (broad SMARTS) is 1. The number of rotatable bonds is 2. The Hall–Kier alpha value is -2.24. The standard InChI is InChI=1S/C10H9NO5/c12-9-11(7-4-2-1-3-5-7)6-8(15-9)16-10(13)14/h1-5,8H,6H2,(H,13,14). The number of benzene rings is 1. The molecule has 1 saturated heterocycles. The molecule has 0 radical (unpaired) electrons. The number of anilines is 1. The average Bonchev–Trinajstić information content (AvgIpc) is 2.60. The third-order valence-corrected chi connectivity index (χ3v) is 2.08. The SMILES string of the molecule is O=C(O)OC1CN(c2ccccc2)C(=O)O1. The number of carbonyl (C=O) groups excluding carboxylic acids is 1. The van der Waals surface area contributed by atoms with E-state index in [9.17, 15) is 9.59 Å². The molecule has 0 aliphatic carbocycles. The lowest BCUT2D eigenvalue weighted by molar-refractivity contribution is -0.0491. The Kier molecular flexibility index (Phi) is 2.63. The second-order valence-electron chi connectivity index (χ2n) is 3.14. The highest BCUT2D eigenvalue weighted by molar-refractivity contribution is 5.89. The Morgan fingerprint density at radius 3 is 2.75 bits per heavy atom. The molecular weight excluding hydrogens is 214 g/mol. The van der Waals surface area contributed by atoms with Gasteiger partial charge >= 0.3 is 12.2 Å². The molecule has 1 fully saturated rings. The largest absolute Gasteiger partial charge is 0.508 e. The van der Waals surface area contributed by atoms with E-state index in [2.05, 4.69) is 4.74 Å². The number of hydrogen-bond acceptors (Lipinski definition) is 4. The van der Waals surface area contributed by atoms with E-state index in [-0.39, 0.29) is 6.54 Å². The number of para-hydroxylation sites is 1. The van der Waals surface area contributed by atoms with Crippen LogP contribution in [0.25, 0.3) is 0 Å². The molecule has 0 bridgehead atoms. The molecule has 0 saturated carbocycles. The van der Waals surface area contributed by atoms with E-state index in [0.29, 0.717) is 5.69 Å². The van der Waals surface area contributed by atoms with Crippen LogP contribution in [0.2, 0.25) is 0 Å². The molecule has 2 rings (SSSR count). The summed E-state index contributed by atoms with van der Waals surface area (Å²) < 4.78 is 9.09. The van der Waals surface area contributed by atoms with Gasteiger partial charge in [-0.15, -0.1) is 0 Å². The molecule has 6 heteroatoms. The zero-order chi connectivity index (χ0) is 11.5. The van der Waals surface area contributed by atoms with E-state index in [0.717, 1.165) is 0 Å². The molecule has 1 N–H and O–H groups in total. The van der Waals surface area contributed by atoms with Crippen LogP contribution < -0.4 is 4.90 Å². The third-order valence-electron chi connectivity index (χ3n) is 2.08. The number of nitrogens with zero attached hydrogens (tertiary/aromatic N) is 1. The van der Waals surface area contributed by atoms with Crippen molar-refractivity contribution in [2.45, 2.75) is 6.29 Å². The van der Waals surface area contributed by atoms with Crippen molar-refractivity contribution >= 4 is 17.9 Å². The van der Waals surface area contributed by atoms with Crippen LogP contribution in [0, 0.1) is 0 Å². The predicted octanol–water partition coefficient (Wildman–Crippen LogP) is 1.66. The zero-order valence-electron chi connectivity index (χ0n) is 8.20. The first-order valence-electron chi connectivity index (χ1n) is 4.59. The molecular formula is C10H9NO5. The summed E-state index contributed by atoms with van der Waals surface area (Å²) in [6, 6.07) is 8.81. The summed E-state index contributed by atoms with van der Waals surface area (Å²) in [4.78, 5) is 23.0. The second kappa shape index (κ2) is 4.09. The number of carbonyl (C=O) groups is 2. The third kappa shape index (κ3) is 2.05. The van der Waals surface area contributed by atoms with E-state index in [1.807, 2.05) is 6.07 Å². The Morgan fingerprint density at radius 1 is 1.44 bits per heavy atom. The van der Waals surface area contributed by atoms with Crippen molar-refractivity contribution in [3.05, 3.63) is 30.3 Å². The van der Waals surface area contributed by atoms with Gasteiger partial charge in [-0.05, 0) is 12.1 Å². The monoisotopic (exact) mass is 223 g/mol. The van der Waals surface area contributed by atoms with Crippen molar-refractivity contribution in [3.8, 4) is 0 Å². The maximum atomic E-state index is 11.4. The van der Waals surface area contributed by atoms with E-state index >= 15 is 0 Å². The zero-order valence-corrected chi connectivity index (χ0v) is 8.20. The molecule has 1 unspecified atom stereocenters. The minimum absolute atomic E-state index is 0.0646. The molecule has 1 aliphatic rings. The van der Waals surface area contributed by atoms with Crippen LogP contribution in [0.4, 0.5) is 15.3 Å². The molecule has 0 spiro atoms. The second-order valence-corrected chi connectivity index (χ2v) is 3.14. The fourth-order valence-corrected chi connectivity index (χ4v) is 1.43. The predicted molar refractivity (Wildman–Crippen MR) is 53.2 cm³/mol. The lowest BCUT2D eigenvalue weighted by atomic mass is 10.3. The maximum Gasteiger partial charge on any atom is 0.508 e. The number of hydrogen-bond donors (Lipinski definition) is 1. The fourth-order valence-electron chi connectivity index (χ4n) is 1.43. The van der Waals surface area contributed by atoms with Crippen molar-refractivity contribution in [2.75, 3.05) is 11.4 Å². The fraction of sp³-hybridized carbons (Fsp3) is 0.200. The summed E-state index contributed by atoms with van der Waals surface area (Å²) in [5.41, 5.74) is 0.643. The van der Waals surface area contributed by atoms with Crippen molar-refractivity contribution in [3.63, 3.8) is 0 Å². The first-order chi connectivity index (χ1) is 7.66. The molecule has 1 amide bonds. The Morgan fingerprint density at radius 2 is 2.12 bits per heavy atom. The molecule has 1 atom stereocenters. The van der Waals surface area contributed by atoms with E-state index in [1.165, 1.54) is 4.90 Å². The molecule has 84 valence electrons. The molecule has 0 aromatic heterocycles. The van der Waals surface area contributed by atoms with Gasteiger partial charge in [0, 0.05) is 5.69 Å². The number of cyclic esters (lactones) is 1. The molecule has 1 aromatic rings. The first kappa shape index (κ1) is 10.3. The van der Waals surface area contributed by atoms with Crippen molar-refractivity contribution in [1.82, 2.24) is 0 Å². The normalized spacial score (nSPS) is 19.4. The number of ether oxygens (including phenoxy) is 2. The van der Waals surface area contributed by atoms with Gasteiger partial charge in [-0.3, -0.25) is 4.90 Å². The highest BCUT2D eigenvalue weighted by Gasteiger charge is 2.34. The molecule has 16 heavy (non-hydrogen) atoms. The molecule has 1 aromatic carbocycles. The Balaban J connectivity index is 2.08. The van der Waals surface area contributed by atoms with Crippen LogP contribution in [0.1, 0.15) is 0 Å². The van der Waals surface area contributed by atoms with Gasteiger partial charge in [0.15, 0.2) is 0 Å². The van der Waals surface area contributed by atoms with Gasteiger partial charge < -0.3 is 14.6 Å². The summed E-state index contributed by atoms with van der Waals surface area (Å²) in [5.74, 6) is 0. The van der Waals surface area contributed by atoms with Gasteiger partial charge in [-0.2, -0.15) is 0 Å². The van der Waals surface area contributed by atoms with Crippen LogP contribution >= 0.6 is 0 Å². The lowest BCUT2D eigenvalue weighted by Gasteiger charge is -2.11. The summed E-state index contributed by atoms with van der Waals surface area (Å²) >= 11 is 0. The minimum Gasteiger partial charge on any atom is -0.450 e. The molecule has 1 heterocycles. The smallest absolute Gasteiger partial charge is 0.450 e. The summed E-state index contributed by atoms with van der Waals surface area (Å²) in [6.07, 6.45) is -3.14. The van der Waals surface area contributed by atoms with Crippen molar-refractivity contribution in [1.29, 1.82) is 0 Å². The van der Waals surface area contributed by atoms with Gasteiger partial charge in [0.1, 0.15) is 6.54 Å². The maximum absolute atomic E-state index is 11.4. The van der Waals surface area contributed by atoms with Crippen LogP contribution in [0.3, 0.4) is 0 Å². The Labute approximate surface area is 91.0 Å². The van der Waals surface area contributed by atoms with Gasteiger partial charge in [0.05, 0.1) is 0 Å². The lowest BCUT2D eigenvalue weighted by Crippen LogP contribution is -2.25. The highest BCUT2D eigenvalue weighted by Crippen LogP contribution is 2.21. The van der Waals surface area contributed by atoms with Crippen molar-refractivity contribution < 1.29 is 24.2 Å². The van der Waals surface area contributed by atoms with E-state index < -0.39 is 18.5 Å². The van der Waals surface area contributed by atoms with Gasteiger partial charge in [-0.1, -0.05) is 18.2 Å². The highest BCUT2D eigenvalue weighted by atomic mass is 16.8. The van der Waals surface area contributed by atoms with Crippen LogP contribution in [0.15, 0.2) is 30.3 Å². The Bertz CT molecular complexity index is 405. The average molecular weight is 223 g/mol. The summed E-state index contributed by atoms with van der Waals surface area (Å²) in [6.45, 7) is 0.0646.